The number of benzene rings is 1. The van der Waals surface area contributed by atoms with Gasteiger partial charge in [0.15, 0.2) is 0 Å². The fraction of sp³-hybridized carbons (Fsp3) is 0.125. The Morgan fingerprint density at radius 1 is 1.23 bits per heavy atom. The first kappa shape index (κ1) is 14.1. The molecular formula is C16H13FN4O. The van der Waals surface area contributed by atoms with Gasteiger partial charge < -0.3 is 0 Å². The smallest absolute Gasteiger partial charge is 0.216 e. The first-order chi connectivity index (χ1) is 10.6. The summed E-state index contributed by atoms with van der Waals surface area (Å²) in [5.74, 6) is -0.489. The van der Waals surface area contributed by atoms with Gasteiger partial charge in [-0.3, -0.25) is 9.48 Å². The fourth-order valence-electron chi connectivity index (χ4n) is 2.06. The molecule has 0 aliphatic rings. The number of ketones is 1. The number of carbonyl (C=O) groups is 1. The van der Waals surface area contributed by atoms with Gasteiger partial charge in [0.05, 0.1) is 12.1 Å². The van der Waals surface area contributed by atoms with Gasteiger partial charge in [0.25, 0.3) is 0 Å². The van der Waals surface area contributed by atoms with E-state index in [0.29, 0.717) is 23.4 Å². The number of hydrogen-bond acceptors (Lipinski definition) is 4. The molecule has 0 spiro atoms. The molecule has 0 radical (unpaired) electrons. The molecule has 0 amide bonds. The van der Waals surface area contributed by atoms with Crippen LogP contribution in [0, 0.1) is 12.7 Å². The van der Waals surface area contributed by atoms with Gasteiger partial charge in [-0.15, -0.1) is 0 Å². The fourth-order valence-corrected chi connectivity index (χ4v) is 2.06. The first-order valence-corrected chi connectivity index (χ1v) is 6.71. The number of halogens is 1. The number of nitrogens with zero attached hydrogens (tertiary/aromatic N) is 4. The molecule has 3 aromatic rings. The molecule has 2 aromatic heterocycles. The summed E-state index contributed by atoms with van der Waals surface area (Å²) in [7, 11) is 0. The molecule has 22 heavy (non-hydrogen) atoms. The molecule has 0 saturated carbocycles. The molecule has 6 heteroatoms. The highest BCUT2D eigenvalue weighted by atomic mass is 19.1. The van der Waals surface area contributed by atoms with Gasteiger partial charge in [-0.2, -0.15) is 5.10 Å². The third kappa shape index (κ3) is 2.90. The van der Waals surface area contributed by atoms with Gasteiger partial charge in [-0.1, -0.05) is 12.1 Å². The molecule has 0 aliphatic carbocycles. The lowest BCUT2D eigenvalue weighted by molar-refractivity contribution is 0.103. The van der Waals surface area contributed by atoms with Crippen molar-refractivity contribution in [2.75, 3.05) is 0 Å². The van der Waals surface area contributed by atoms with E-state index in [4.69, 9.17) is 0 Å². The molecular weight excluding hydrogens is 283 g/mol. The van der Waals surface area contributed by atoms with Crippen molar-refractivity contribution in [3.63, 3.8) is 0 Å². The van der Waals surface area contributed by atoms with Crippen LogP contribution in [0.25, 0.3) is 0 Å². The molecule has 2 heterocycles. The number of rotatable bonds is 4. The van der Waals surface area contributed by atoms with E-state index >= 15 is 0 Å². The summed E-state index contributed by atoms with van der Waals surface area (Å²) in [6.45, 7) is 2.11. The van der Waals surface area contributed by atoms with Crippen LogP contribution in [0.3, 0.4) is 0 Å². The monoisotopic (exact) mass is 296 g/mol. The minimum absolute atomic E-state index is 0.241. The zero-order valence-corrected chi connectivity index (χ0v) is 11.9. The Balaban J connectivity index is 1.79. The molecule has 0 bridgehead atoms. The topological polar surface area (TPSA) is 60.7 Å². The van der Waals surface area contributed by atoms with Crippen molar-refractivity contribution in [3.8, 4) is 0 Å². The number of carbonyl (C=O) groups excluding carboxylic acids is 1. The van der Waals surface area contributed by atoms with Gasteiger partial charge in [0.1, 0.15) is 17.8 Å². The molecule has 0 atom stereocenters. The Kier molecular flexibility index (Phi) is 3.74. The average molecular weight is 296 g/mol. The Morgan fingerprint density at radius 2 is 2.00 bits per heavy atom. The van der Waals surface area contributed by atoms with E-state index in [1.54, 1.807) is 29.9 Å². The summed E-state index contributed by atoms with van der Waals surface area (Å²) in [5.41, 5.74) is 2.08. The highest BCUT2D eigenvalue weighted by Crippen LogP contribution is 2.11. The van der Waals surface area contributed by atoms with Crippen LogP contribution in [0.2, 0.25) is 0 Å². The third-order valence-electron chi connectivity index (χ3n) is 3.28. The van der Waals surface area contributed by atoms with Crippen molar-refractivity contribution < 1.29 is 9.18 Å². The van der Waals surface area contributed by atoms with E-state index in [-0.39, 0.29) is 11.6 Å². The Labute approximate surface area is 126 Å². The lowest BCUT2D eigenvalue weighted by Crippen LogP contribution is -2.06. The predicted molar refractivity (Wildman–Crippen MR) is 77.9 cm³/mol. The van der Waals surface area contributed by atoms with Crippen molar-refractivity contribution in [1.29, 1.82) is 0 Å². The lowest BCUT2D eigenvalue weighted by atomic mass is 10.1. The average Bonchev–Trinajstić information content (AvgIpc) is 2.99. The van der Waals surface area contributed by atoms with Crippen LogP contribution in [0.15, 0.2) is 49.2 Å². The Hall–Kier alpha value is -2.89. The van der Waals surface area contributed by atoms with Gasteiger partial charge in [0, 0.05) is 18.6 Å². The quantitative estimate of drug-likeness (QED) is 0.694. The van der Waals surface area contributed by atoms with Crippen molar-refractivity contribution in [2.45, 2.75) is 13.5 Å². The molecule has 0 saturated heterocycles. The van der Waals surface area contributed by atoms with Gasteiger partial charge in [-0.25, -0.2) is 14.4 Å². The standard InChI is InChI=1S/C16H13FN4O/c1-11-2-3-12(6-14(11)17)9-21-5-4-15(20-21)16(22)13-7-18-10-19-8-13/h2-8,10H,9H2,1H3. The Morgan fingerprint density at radius 3 is 2.73 bits per heavy atom. The van der Waals surface area contributed by atoms with Gasteiger partial charge in [0.2, 0.25) is 5.78 Å². The van der Waals surface area contributed by atoms with E-state index in [1.165, 1.54) is 24.8 Å². The van der Waals surface area contributed by atoms with E-state index < -0.39 is 0 Å². The second kappa shape index (κ2) is 5.85. The molecule has 5 nitrogen and oxygen atoms in total. The number of aryl methyl sites for hydroxylation is 1. The highest BCUT2D eigenvalue weighted by Gasteiger charge is 2.13. The number of hydrogen-bond donors (Lipinski definition) is 0. The summed E-state index contributed by atoms with van der Waals surface area (Å²) in [5, 5.41) is 4.22. The van der Waals surface area contributed by atoms with Crippen molar-refractivity contribution >= 4 is 5.78 Å². The molecule has 1 aromatic carbocycles. The Bertz CT molecular complexity index is 814. The third-order valence-corrected chi connectivity index (χ3v) is 3.28. The highest BCUT2D eigenvalue weighted by molar-refractivity contribution is 6.07. The van der Waals surface area contributed by atoms with E-state index in [2.05, 4.69) is 15.1 Å². The normalized spacial score (nSPS) is 10.6. The summed E-state index contributed by atoms with van der Waals surface area (Å²) >= 11 is 0. The summed E-state index contributed by atoms with van der Waals surface area (Å²) in [6.07, 6.45) is 5.95. The minimum atomic E-state index is -0.248. The zero-order chi connectivity index (χ0) is 15.5. The molecule has 0 N–H and O–H groups in total. The number of aromatic nitrogens is 4. The SMILES string of the molecule is Cc1ccc(Cn2ccc(C(=O)c3cncnc3)n2)cc1F. The van der Waals surface area contributed by atoms with Crippen molar-refractivity contribution in [3.05, 3.63) is 77.4 Å². The molecule has 0 fully saturated rings. The summed E-state index contributed by atoms with van der Waals surface area (Å²) in [6, 6.07) is 6.66. The van der Waals surface area contributed by atoms with Gasteiger partial charge >= 0.3 is 0 Å². The molecule has 0 aliphatic heterocycles. The molecule has 0 unspecified atom stereocenters. The van der Waals surface area contributed by atoms with Crippen LogP contribution >= 0.6 is 0 Å². The maximum Gasteiger partial charge on any atom is 0.216 e. The van der Waals surface area contributed by atoms with Gasteiger partial charge in [-0.05, 0) is 30.2 Å². The van der Waals surface area contributed by atoms with Crippen molar-refractivity contribution in [1.82, 2.24) is 19.7 Å². The second-order valence-electron chi connectivity index (χ2n) is 4.94. The minimum Gasteiger partial charge on any atom is -0.287 e. The summed E-state index contributed by atoms with van der Waals surface area (Å²) < 4.78 is 15.1. The summed E-state index contributed by atoms with van der Waals surface area (Å²) in [4.78, 5) is 19.8. The van der Waals surface area contributed by atoms with Crippen LogP contribution in [-0.2, 0) is 6.54 Å². The maximum absolute atomic E-state index is 13.5. The van der Waals surface area contributed by atoms with Crippen LogP contribution in [0.5, 0.6) is 0 Å². The molecule has 110 valence electrons. The van der Waals surface area contributed by atoms with Crippen molar-refractivity contribution in [2.24, 2.45) is 0 Å². The van der Waals surface area contributed by atoms with Crippen LogP contribution in [0.1, 0.15) is 27.2 Å². The first-order valence-electron chi connectivity index (χ1n) is 6.71. The van der Waals surface area contributed by atoms with E-state index in [1.807, 2.05) is 6.07 Å². The van der Waals surface area contributed by atoms with Crippen LogP contribution in [-0.4, -0.2) is 25.5 Å². The van der Waals surface area contributed by atoms with Crippen LogP contribution < -0.4 is 0 Å². The lowest BCUT2D eigenvalue weighted by Gasteiger charge is -2.03. The molecule has 3 rings (SSSR count). The van der Waals surface area contributed by atoms with E-state index in [9.17, 15) is 9.18 Å². The van der Waals surface area contributed by atoms with Crippen LogP contribution in [0.4, 0.5) is 4.39 Å². The maximum atomic E-state index is 13.5. The second-order valence-corrected chi connectivity index (χ2v) is 4.94. The predicted octanol–water partition coefficient (Wildman–Crippen LogP) is 2.40. The van der Waals surface area contributed by atoms with E-state index in [0.717, 1.165) is 5.56 Å². The largest absolute Gasteiger partial charge is 0.287 e. The zero-order valence-electron chi connectivity index (χ0n) is 11.9.